The van der Waals surface area contributed by atoms with Gasteiger partial charge < -0.3 is 5.32 Å². The first-order chi connectivity index (χ1) is 16.1. The van der Waals surface area contributed by atoms with Gasteiger partial charge in [-0.2, -0.15) is 8.42 Å². The van der Waals surface area contributed by atoms with Crippen LogP contribution in [0.2, 0.25) is 0 Å². The van der Waals surface area contributed by atoms with E-state index in [1.807, 2.05) is 5.38 Å². The van der Waals surface area contributed by atoms with E-state index in [0.717, 1.165) is 18.4 Å². The highest BCUT2D eigenvalue weighted by Crippen LogP contribution is 2.31. The first-order valence-corrected chi connectivity index (χ1v) is 13.4. The van der Waals surface area contributed by atoms with E-state index in [2.05, 4.69) is 15.3 Å². The molecule has 3 N–H and O–H groups in total. The van der Waals surface area contributed by atoms with Crippen molar-refractivity contribution in [3.8, 4) is 0 Å². The number of anilines is 1. The lowest BCUT2D eigenvalue weighted by molar-refractivity contribution is -0.0660. The summed E-state index contributed by atoms with van der Waals surface area (Å²) in [4.78, 5) is 23.6. The molecule has 186 valence electrons. The highest BCUT2D eigenvalue weighted by atomic mass is 32.2. The summed E-state index contributed by atoms with van der Waals surface area (Å²) in [6.45, 7) is 0.741. The first kappa shape index (κ1) is 25.0. The van der Waals surface area contributed by atoms with Crippen LogP contribution in [0.15, 0.2) is 24.0 Å². The monoisotopic (exact) mass is 515 g/mol. The number of nitrogens with zero attached hydrogens (tertiary/aromatic N) is 3. The largest absolute Gasteiger partial charge is 0.367 e. The summed E-state index contributed by atoms with van der Waals surface area (Å²) in [5.41, 5.74) is 1.15. The number of likely N-dealkylation sites (tertiary alicyclic amines) is 1. The molecule has 2 aliphatic rings. The fraction of sp³-hybridized carbons (Fsp3) is 0.571. The number of thiophene rings is 1. The molecule has 34 heavy (non-hydrogen) atoms. The maximum atomic E-state index is 13.7. The molecule has 4 rings (SSSR count). The zero-order valence-corrected chi connectivity index (χ0v) is 20.1. The Labute approximate surface area is 201 Å². The van der Waals surface area contributed by atoms with Gasteiger partial charge in [-0.25, -0.2) is 23.9 Å². The molecule has 0 aromatic carbocycles. The summed E-state index contributed by atoms with van der Waals surface area (Å²) in [6, 6.07) is 1.74. The average Bonchev–Trinajstić information content (AvgIpc) is 3.41. The van der Waals surface area contributed by atoms with E-state index < -0.39 is 16.2 Å². The number of carbonyl (C=O) groups is 1. The van der Waals surface area contributed by atoms with Crippen molar-refractivity contribution in [3.63, 3.8) is 0 Å². The van der Waals surface area contributed by atoms with Crippen molar-refractivity contribution in [1.29, 1.82) is 0 Å². The van der Waals surface area contributed by atoms with Gasteiger partial charge in [-0.05, 0) is 55.2 Å². The fourth-order valence-corrected chi connectivity index (χ4v) is 5.74. The van der Waals surface area contributed by atoms with Crippen LogP contribution in [0.1, 0.15) is 52.9 Å². The van der Waals surface area contributed by atoms with E-state index in [1.54, 1.807) is 11.0 Å². The van der Waals surface area contributed by atoms with Crippen LogP contribution in [0.5, 0.6) is 0 Å². The molecule has 1 aliphatic heterocycles. The Morgan fingerprint density at radius 1 is 1.38 bits per heavy atom. The van der Waals surface area contributed by atoms with Crippen molar-refractivity contribution in [3.05, 3.63) is 40.0 Å². The first-order valence-electron chi connectivity index (χ1n) is 11.0. The highest BCUT2D eigenvalue weighted by molar-refractivity contribution is 7.84. The molecular weight excluding hydrogens is 488 g/mol. The second kappa shape index (κ2) is 10.3. The van der Waals surface area contributed by atoms with E-state index in [-0.39, 0.29) is 37.3 Å². The summed E-state index contributed by atoms with van der Waals surface area (Å²) in [5, 5.41) is 9.99. The molecule has 3 heterocycles. The lowest BCUT2D eigenvalue weighted by Crippen LogP contribution is -2.41. The number of piperidine rings is 1. The van der Waals surface area contributed by atoms with Gasteiger partial charge in [0.05, 0.1) is 23.6 Å². The van der Waals surface area contributed by atoms with Gasteiger partial charge in [0.15, 0.2) is 0 Å². The minimum atomic E-state index is -3.97. The van der Waals surface area contributed by atoms with Crippen LogP contribution in [0.4, 0.5) is 14.6 Å². The third-order valence-electron chi connectivity index (χ3n) is 6.06. The Kier molecular flexibility index (Phi) is 7.57. The molecule has 0 radical (unpaired) electrons. The normalized spacial score (nSPS) is 23.1. The van der Waals surface area contributed by atoms with Gasteiger partial charge in [-0.3, -0.25) is 13.9 Å². The van der Waals surface area contributed by atoms with Crippen molar-refractivity contribution in [1.82, 2.24) is 14.9 Å². The van der Waals surface area contributed by atoms with Gasteiger partial charge in [0.2, 0.25) is 5.78 Å². The SMILES string of the molecule is NS(=O)(=O)OC[C@@H]1CC[C@H](Nc2ncncc2C(=O)c2cc(CN3CCCC(F)(F)C3)cs2)C1. The summed E-state index contributed by atoms with van der Waals surface area (Å²) in [6.07, 6.45) is 5.35. The molecule has 0 spiro atoms. The Bertz CT molecular complexity index is 1130. The zero-order chi connectivity index (χ0) is 24.3. The van der Waals surface area contributed by atoms with Gasteiger partial charge in [0.25, 0.3) is 5.92 Å². The minimum Gasteiger partial charge on any atom is -0.367 e. The molecule has 1 saturated carbocycles. The maximum Gasteiger partial charge on any atom is 0.333 e. The number of halogens is 2. The lowest BCUT2D eigenvalue weighted by atomic mass is 10.1. The quantitative estimate of drug-likeness (QED) is 0.488. The van der Waals surface area contributed by atoms with Crippen molar-refractivity contribution < 1.29 is 26.2 Å². The van der Waals surface area contributed by atoms with Crippen molar-refractivity contribution in [2.24, 2.45) is 11.1 Å². The summed E-state index contributed by atoms with van der Waals surface area (Å²) >= 11 is 1.27. The predicted octanol–water partition coefficient (Wildman–Crippen LogP) is 2.80. The molecule has 2 fully saturated rings. The van der Waals surface area contributed by atoms with Crippen LogP contribution in [-0.4, -0.2) is 60.7 Å². The number of hydrogen-bond acceptors (Lipinski definition) is 9. The number of hydrogen-bond donors (Lipinski definition) is 2. The van der Waals surface area contributed by atoms with Crippen LogP contribution < -0.4 is 10.5 Å². The molecule has 0 bridgehead atoms. The minimum absolute atomic E-state index is 0.00445. The lowest BCUT2D eigenvalue weighted by Gasteiger charge is -2.32. The number of nitrogens with two attached hydrogens (primary N) is 1. The average molecular weight is 516 g/mol. The molecule has 1 saturated heterocycles. The van der Waals surface area contributed by atoms with Crippen LogP contribution in [0.3, 0.4) is 0 Å². The smallest absolute Gasteiger partial charge is 0.333 e. The molecule has 13 heteroatoms. The van der Waals surface area contributed by atoms with E-state index in [0.29, 0.717) is 42.2 Å². The molecule has 2 atom stereocenters. The molecule has 2 aromatic rings. The Morgan fingerprint density at radius 3 is 2.97 bits per heavy atom. The van der Waals surface area contributed by atoms with Gasteiger partial charge in [-0.1, -0.05) is 0 Å². The second-order valence-corrected chi connectivity index (χ2v) is 11.0. The summed E-state index contributed by atoms with van der Waals surface area (Å²) in [5.74, 6) is -2.48. The number of ketones is 1. The number of alkyl halides is 2. The molecular formula is C21H27F2N5O4S2. The van der Waals surface area contributed by atoms with E-state index in [4.69, 9.17) is 9.32 Å². The van der Waals surface area contributed by atoms with E-state index in [9.17, 15) is 22.0 Å². The van der Waals surface area contributed by atoms with Crippen molar-refractivity contribution in [2.45, 2.75) is 50.6 Å². The maximum absolute atomic E-state index is 13.7. The van der Waals surface area contributed by atoms with Gasteiger partial charge in [-0.15, -0.1) is 11.3 Å². The van der Waals surface area contributed by atoms with Gasteiger partial charge in [0, 0.05) is 25.2 Å². The molecule has 0 unspecified atom stereocenters. The van der Waals surface area contributed by atoms with Crippen molar-refractivity contribution >= 4 is 33.2 Å². The van der Waals surface area contributed by atoms with Crippen LogP contribution >= 0.6 is 11.3 Å². The van der Waals surface area contributed by atoms with E-state index >= 15 is 0 Å². The number of rotatable bonds is 9. The van der Waals surface area contributed by atoms with Crippen LogP contribution in [-0.2, 0) is 21.0 Å². The summed E-state index contributed by atoms with van der Waals surface area (Å²) < 4.78 is 54.1. The molecule has 2 aromatic heterocycles. The van der Waals surface area contributed by atoms with Crippen LogP contribution in [0.25, 0.3) is 0 Å². The summed E-state index contributed by atoms with van der Waals surface area (Å²) in [7, 11) is -3.97. The standard InChI is InChI=1S/C21H27F2N5O4S2/c22-21(23)4-1-5-28(12-21)9-15-7-18(33-11-15)19(29)17-8-25-13-26-20(17)27-16-3-2-14(6-16)10-32-34(24,30)31/h7-8,11,13-14,16H,1-6,9-10,12H2,(H2,24,30,31)(H,25,26,27)/t14-,16+/m1/s1. The fourth-order valence-electron chi connectivity index (χ4n) is 4.50. The highest BCUT2D eigenvalue weighted by Gasteiger charge is 2.35. The number of carbonyl (C=O) groups excluding carboxylic acids is 1. The Hall–Kier alpha value is -2.06. The number of nitrogens with one attached hydrogen (secondary N) is 1. The molecule has 9 nitrogen and oxygen atoms in total. The van der Waals surface area contributed by atoms with Gasteiger partial charge >= 0.3 is 10.3 Å². The van der Waals surface area contributed by atoms with Crippen molar-refractivity contribution in [2.75, 3.05) is 25.0 Å². The van der Waals surface area contributed by atoms with E-state index in [1.165, 1.54) is 23.9 Å². The Balaban J connectivity index is 1.38. The predicted molar refractivity (Wildman–Crippen MR) is 123 cm³/mol. The Morgan fingerprint density at radius 2 is 2.21 bits per heavy atom. The molecule has 0 amide bonds. The van der Waals surface area contributed by atoms with Crippen LogP contribution in [0, 0.1) is 5.92 Å². The third kappa shape index (κ3) is 6.75. The zero-order valence-electron chi connectivity index (χ0n) is 18.5. The second-order valence-electron chi connectivity index (χ2n) is 8.90. The van der Waals surface area contributed by atoms with Gasteiger partial charge in [0.1, 0.15) is 12.1 Å². The molecule has 1 aliphatic carbocycles. The topological polar surface area (TPSA) is 128 Å². The third-order valence-corrected chi connectivity index (χ3v) is 7.50. The number of aromatic nitrogens is 2.